The van der Waals surface area contributed by atoms with E-state index < -0.39 is 12.1 Å². The Kier molecular flexibility index (Phi) is 4.12. The smallest absolute Gasteiger partial charge is 0.407 e. The molecule has 0 heterocycles. The lowest BCUT2D eigenvalue weighted by Crippen LogP contribution is -2.47. The van der Waals surface area contributed by atoms with Crippen molar-refractivity contribution in [3.05, 3.63) is 12.7 Å². The van der Waals surface area contributed by atoms with Gasteiger partial charge in [-0.2, -0.15) is 0 Å². The van der Waals surface area contributed by atoms with Crippen molar-refractivity contribution in [3.63, 3.8) is 0 Å². The molecule has 0 aromatic heterocycles. The minimum absolute atomic E-state index is 0.151. The van der Waals surface area contributed by atoms with Crippen LogP contribution in [0.15, 0.2) is 12.7 Å². The minimum Gasteiger partial charge on any atom is -0.481 e. The quantitative estimate of drug-likeness (QED) is 0.766. The molecule has 2 saturated carbocycles. The summed E-state index contributed by atoms with van der Waals surface area (Å²) >= 11 is 0. The standard InChI is InChI=1S/C14H21NO4/c1-2-7-19-13(18)15-11-3-5-14(6-4-11)8-10(9-14)12(16)17/h2,10-11H,1,3-9H2,(H,15,18)(H,16,17). The van der Waals surface area contributed by atoms with Crippen LogP contribution in [0.25, 0.3) is 0 Å². The average molecular weight is 267 g/mol. The van der Waals surface area contributed by atoms with E-state index in [2.05, 4.69) is 11.9 Å². The number of hydrogen-bond acceptors (Lipinski definition) is 3. The first-order chi connectivity index (χ1) is 9.04. The Labute approximate surface area is 113 Å². The summed E-state index contributed by atoms with van der Waals surface area (Å²) in [6, 6.07) is 0.159. The van der Waals surface area contributed by atoms with Gasteiger partial charge < -0.3 is 15.2 Å². The molecule has 106 valence electrons. The van der Waals surface area contributed by atoms with E-state index in [0.29, 0.717) is 0 Å². The van der Waals surface area contributed by atoms with E-state index in [0.717, 1.165) is 38.5 Å². The van der Waals surface area contributed by atoms with E-state index in [9.17, 15) is 9.59 Å². The second-order valence-electron chi connectivity index (χ2n) is 5.75. The van der Waals surface area contributed by atoms with E-state index in [1.165, 1.54) is 6.08 Å². The van der Waals surface area contributed by atoms with Gasteiger partial charge in [-0.3, -0.25) is 4.79 Å². The molecule has 2 aliphatic carbocycles. The highest BCUT2D eigenvalue weighted by Crippen LogP contribution is 2.54. The molecule has 1 spiro atoms. The Balaban J connectivity index is 1.70. The van der Waals surface area contributed by atoms with Crippen LogP contribution in [0.2, 0.25) is 0 Å². The number of carboxylic acids is 1. The number of rotatable bonds is 4. The van der Waals surface area contributed by atoms with Crippen molar-refractivity contribution in [2.24, 2.45) is 11.3 Å². The van der Waals surface area contributed by atoms with Crippen molar-refractivity contribution in [1.82, 2.24) is 5.32 Å². The van der Waals surface area contributed by atoms with Gasteiger partial charge >= 0.3 is 12.1 Å². The summed E-state index contributed by atoms with van der Waals surface area (Å²) in [6.45, 7) is 3.71. The molecule has 2 N–H and O–H groups in total. The second kappa shape index (κ2) is 5.63. The zero-order valence-electron chi connectivity index (χ0n) is 11.1. The van der Waals surface area contributed by atoms with Crippen LogP contribution < -0.4 is 5.32 Å². The van der Waals surface area contributed by atoms with Crippen molar-refractivity contribution < 1.29 is 19.4 Å². The maximum absolute atomic E-state index is 11.4. The third kappa shape index (κ3) is 3.28. The third-order valence-corrected chi connectivity index (χ3v) is 4.41. The Bertz CT molecular complexity index is 364. The van der Waals surface area contributed by atoms with Gasteiger partial charge in [0.2, 0.25) is 0 Å². The van der Waals surface area contributed by atoms with Crippen LogP contribution >= 0.6 is 0 Å². The molecule has 0 aliphatic heterocycles. The first-order valence-corrected chi connectivity index (χ1v) is 6.82. The van der Waals surface area contributed by atoms with Gasteiger partial charge in [0, 0.05) is 6.04 Å². The summed E-state index contributed by atoms with van der Waals surface area (Å²) in [5.41, 5.74) is 0.228. The van der Waals surface area contributed by atoms with Crippen molar-refractivity contribution >= 4 is 12.1 Å². The third-order valence-electron chi connectivity index (χ3n) is 4.41. The molecule has 5 nitrogen and oxygen atoms in total. The van der Waals surface area contributed by atoms with Crippen LogP contribution in [0.3, 0.4) is 0 Å². The van der Waals surface area contributed by atoms with E-state index >= 15 is 0 Å². The SMILES string of the molecule is C=CCOC(=O)NC1CCC2(CC1)CC(C(=O)O)C2. The summed E-state index contributed by atoms with van der Waals surface area (Å²) in [6.07, 6.45) is 6.58. The number of hydrogen-bond donors (Lipinski definition) is 2. The highest BCUT2D eigenvalue weighted by atomic mass is 16.5. The van der Waals surface area contributed by atoms with Gasteiger partial charge in [-0.15, -0.1) is 0 Å². The fourth-order valence-electron chi connectivity index (χ4n) is 3.29. The number of aliphatic carboxylic acids is 1. The number of carbonyl (C=O) groups excluding carboxylic acids is 1. The molecule has 19 heavy (non-hydrogen) atoms. The molecule has 2 rings (SSSR count). The Hall–Kier alpha value is -1.52. The van der Waals surface area contributed by atoms with Crippen molar-refractivity contribution in [1.29, 1.82) is 0 Å². The molecule has 5 heteroatoms. The first kappa shape index (κ1) is 13.9. The average Bonchev–Trinajstić information content (AvgIpc) is 2.34. The number of carbonyl (C=O) groups is 2. The highest BCUT2D eigenvalue weighted by molar-refractivity contribution is 5.71. The van der Waals surface area contributed by atoms with Crippen LogP contribution in [0.1, 0.15) is 38.5 Å². The number of alkyl carbamates (subject to hydrolysis) is 1. The van der Waals surface area contributed by atoms with Gasteiger partial charge in [0.25, 0.3) is 0 Å². The van der Waals surface area contributed by atoms with Crippen molar-refractivity contribution in [2.75, 3.05) is 6.61 Å². The molecule has 0 saturated heterocycles. The summed E-state index contributed by atoms with van der Waals surface area (Å²) in [5, 5.41) is 11.8. The Morgan fingerprint density at radius 2 is 2.00 bits per heavy atom. The summed E-state index contributed by atoms with van der Waals surface area (Å²) in [5.74, 6) is -0.819. The zero-order valence-corrected chi connectivity index (χ0v) is 11.1. The van der Waals surface area contributed by atoms with Crippen LogP contribution in [-0.4, -0.2) is 29.8 Å². The molecule has 2 aliphatic rings. The molecule has 0 aromatic carbocycles. The minimum atomic E-state index is -0.668. The van der Waals surface area contributed by atoms with Crippen LogP contribution in [-0.2, 0) is 9.53 Å². The second-order valence-corrected chi connectivity index (χ2v) is 5.75. The Morgan fingerprint density at radius 3 is 2.53 bits per heavy atom. The lowest BCUT2D eigenvalue weighted by molar-refractivity contribution is -0.151. The van der Waals surface area contributed by atoms with Crippen LogP contribution in [0, 0.1) is 11.3 Å². The largest absolute Gasteiger partial charge is 0.481 e. The monoisotopic (exact) mass is 267 g/mol. The van der Waals surface area contributed by atoms with Crippen molar-refractivity contribution in [2.45, 2.75) is 44.6 Å². The molecule has 0 atom stereocenters. The van der Waals surface area contributed by atoms with Gasteiger partial charge in [0.1, 0.15) is 6.61 Å². The van der Waals surface area contributed by atoms with Gasteiger partial charge in [-0.05, 0) is 43.9 Å². The summed E-state index contributed by atoms with van der Waals surface area (Å²) < 4.78 is 4.89. The molecule has 1 amide bonds. The number of nitrogens with one attached hydrogen (secondary N) is 1. The predicted molar refractivity (Wildman–Crippen MR) is 69.7 cm³/mol. The maximum atomic E-state index is 11.4. The highest BCUT2D eigenvalue weighted by Gasteiger charge is 2.48. The maximum Gasteiger partial charge on any atom is 0.407 e. The van der Waals surface area contributed by atoms with Gasteiger partial charge in [-0.1, -0.05) is 12.7 Å². The summed E-state index contributed by atoms with van der Waals surface area (Å²) in [4.78, 5) is 22.2. The van der Waals surface area contributed by atoms with E-state index in [-0.39, 0.29) is 24.0 Å². The Morgan fingerprint density at radius 1 is 1.37 bits per heavy atom. The van der Waals surface area contributed by atoms with Gasteiger partial charge in [0.15, 0.2) is 0 Å². The molecule has 0 unspecified atom stereocenters. The fraction of sp³-hybridized carbons (Fsp3) is 0.714. The van der Waals surface area contributed by atoms with Crippen LogP contribution in [0.5, 0.6) is 0 Å². The lowest BCUT2D eigenvalue weighted by atomic mass is 9.55. The summed E-state index contributed by atoms with van der Waals surface area (Å²) in [7, 11) is 0. The van der Waals surface area contributed by atoms with E-state index in [1.807, 2.05) is 0 Å². The number of carboxylic acid groups (broad SMARTS) is 1. The normalized spacial score (nSPS) is 33.3. The fourth-order valence-corrected chi connectivity index (χ4v) is 3.29. The predicted octanol–water partition coefficient (Wildman–Crippen LogP) is 2.32. The molecule has 0 radical (unpaired) electrons. The number of ether oxygens (including phenoxy) is 1. The van der Waals surface area contributed by atoms with Gasteiger partial charge in [-0.25, -0.2) is 4.79 Å². The number of amides is 1. The molecule has 0 aromatic rings. The lowest BCUT2D eigenvalue weighted by Gasteiger charge is -2.50. The molecular weight excluding hydrogens is 246 g/mol. The van der Waals surface area contributed by atoms with Gasteiger partial charge in [0.05, 0.1) is 5.92 Å². The zero-order chi connectivity index (χ0) is 13.9. The molecular formula is C14H21NO4. The van der Waals surface area contributed by atoms with E-state index in [4.69, 9.17) is 9.84 Å². The first-order valence-electron chi connectivity index (χ1n) is 6.82. The van der Waals surface area contributed by atoms with Crippen LogP contribution in [0.4, 0.5) is 4.79 Å². The van der Waals surface area contributed by atoms with Crippen molar-refractivity contribution in [3.8, 4) is 0 Å². The molecule has 0 bridgehead atoms. The van der Waals surface area contributed by atoms with E-state index in [1.54, 1.807) is 0 Å². The topological polar surface area (TPSA) is 75.6 Å². The molecule has 2 fully saturated rings.